The first kappa shape index (κ1) is 21.9. The molecule has 2 N–H and O–H groups in total. The molecule has 148 valence electrons. The van der Waals surface area contributed by atoms with E-state index in [9.17, 15) is 13.6 Å². The van der Waals surface area contributed by atoms with Crippen molar-refractivity contribution in [1.82, 2.24) is 5.48 Å². The van der Waals surface area contributed by atoms with Crippen LogP contribution in [0.3, 0.4) is 0 Å². The lowest BCUT2D eigenvalue weighted by molar-refractivity contribution is 0.0438. The molecule has 0 saturated carbocycles. The van der Waals surface area contributed by atoms with Crippen molar-refractivity contribution in [3.63, 3.8) is 0 Å². The highest BCUT2D eigenvalue weighted by atomic mass is 79.9. The third-order valence-electron chi connectivity index (χ3n) is 3.56. The van der Waals surface area contributed by atoms with Crippen molar-refractivity contribution in [2.75, 3.05) is 11.9 Å². The number of benzene rings is 2. The molecule has 2 aromatic rings. The normalized spacial score (nSPS) is 10.8. The number of halogens is 3. The van der Waals surface area contributed by atoms with Crippen LogP contribution in [0.25, 0.3) is 0 Å². The predicted octanol–water partition coefficient (Wildman–Crippen LogP) is 5.49. The number of rotatable bonds is 5. The molecule has 2 rings (SSSR count). The van der Waals surface area contributed by atoms with Gasteiger partial charge in [-0.3, -0.25) is 9.63 Å². The monoisotopic (exact) mass is 450 g/mol. The van der Waals surface area contributed by atoms with Crippen LogP contribution in [-0.2, 0) is 4.84 Å². The van der Waals surface area contributed by atoms with Gasteiger partial charge in [0.05, 0.1) is 11.3 Å². The van der Waals surface area contributed by atoms with Gasteiger partial charge in [-0.25, -0.2) is 14.3 Å². The molecule has 7 heteroatoms. The number of carbonyl (C=O) groups is 1. The highest BCUT2D eigenvalue weighted by Gasteiger charge is 2.19. The summed E-state index contributed by atoms with van der Waals surface area (Å²) in [4.78, 5) is 17.4. The van der Waals surface area contributed by atoms with E-state index in [1.165, 1.54) is 6.07 Å². The van der Waals surface area contributed by atoms with Gasteiger partial charge >= 0.3 is 0 Å². The zero-order chi connectivity index (χ0) is 20.9. The fourth-order valence-electron chi connectivity index (χ4n) is 2.26. The smallest absolute Gasteiger partial charge is 0.277 e. The SMILES string of the molecule is Cc1cc(Br)ccc1Nc1c(C(=O)NOCC#CC(C)(C)C)ccc(F)c1F. The van der Waals surface area contributed by atoms with Crippen molar-refractivity contribution in [3.8, 4) is 11.8 Å². The van der Waals surface area contributed by atoms with E-state index < -0.39 is 17.5 Å². The van der Waals surface area contributed by atoms with Gasteiger partial charge in [0.15, 0.2) is 11.6 Å². The maximum atomic E-state index is 14.4. The lowest BCUT2D eigenvalue weighted by atomic mass is 9.98. The lowest BCUT2D eigenvalue weighted by Gasteiger charge is -2.15. The van der Waals surface area contributed by atoms with Crippen LogP contribution < -0.4 is 10.8 Å². The van der Waals surface area contributed by atoms with Gasteiger partial charge in [0.25, 0.3) is 5.91 Å². The Kier molecular flexibility index (Phi) is 7.17. The highest BCUT2D eigenvalue weighted by molar-refractivity contribution is 9.10. The van der Waals surface area contributed by atoms with Crippen molar-refractivity contribution in [1.29, 1.82) is 0 Å². The van der Waals surface area contributed by atoms with Crippen LogP contribution in [0, 0.1) is 35.8 Å². The molecule has 28 heavy (non-hydrogen) atoms. The zero-order valence-electron chi connectivity index (χ0n) is 16.0. The van der Waals surface area contributed by atoms with Gasteiger partial charge in [-0.2, -0.15) is 0 Å². The van der Waals surface area contributed by atoms with E-state index in [1.54, 1.807) is 19.1 Å². The topological polar surface area (TPSA) is 50.4 Å². The van der Waals surface area contributed by atoms with Gasteiger partial charge in [-0.15, -0.1) is 0 Å². The standard InChI is InChI=1S/C21H21BrF2N2O2/c1-13-12-14(22)6-9-17(13)25-19-15(7-8-16(23)18(19)24)20(27)26-28-11-5-10-21(2,3)4/h6-9,12,25H,11H2,1-4H3,(H,26,27). The first-order valence-corrected chi connectivity index (χ1v) is 9.31. The van der Waals surface area contributed by atoms with Crippen molar-refractivity contribution in [3.05, 3.63) is 57.6 Å². The van der Waals surface area contributed by atoms with Crippen molar-refractivity contribution in [2.45, 2.75) is 27.7 Å². The molecule has 0 aromatic heterocycles. The number of hydrogen-bond acceptors (Lipinski definition) is 3. The molecule has 0 spiro atoms. The van der Waals surface area contributed by atoms with Crippen LogP contribution in [0.4, 0.5) is 20.2 Å². The van der Waals surface area contributed by atoms with Crippen LogP contribution in [0.5, 0.6) is 0 Å². The van der Waals surface area contributed by atoms with Gasteiger partial charge in [0.2, 0.25) is 0 Å². The minimum absolute atomic E-state index is 0.0265. The Morgan fingerprint density at radius 1 is 1.21 bits per heavy atom. The summed E-state index contributed by atoms with van der Waals surface area (Å²) in [5, 5.41) is 2.80. The van der Waals surface area contributed by atoms with Crippen LogP contribution >= 0.6 is 15.9 Å². The Bertz CT molecular complexity index is 944. The Morgan fingerprint density at radius 3 is 2.57 bits per heavy atom. The molecular formula is C21H21BrF2N2O2. The maximum absolute atomic E-state index is 14.4. The zero-order valence-corrected chi connectivity index (χ0v) is 17.6. The van der Waals surface area contributed by atoms with Crippen molar-refractivity contribution in [2.24, 2.45) is 5.41 Å². The summed E-state index contributed by atoms with van der Waals surface area (Å²) in [6, 6.07) is 7.35. The van der Waals surface area contributed by atoms with Gasteiger partial charge in [0, 0.05) is 15.6 Å². The van der Waals surface area contributed by atoms with Gasteiger partial charge in [-0.05, 0) is 63.6 Å². The summed E-state index contributed by atoms with van der Waals surface area (Å²) in [5.74, 6) is 2.80. The summed E-state index contributed by atoms with van der Waals surface area (Å²) in [6.07, 6.45) is 0. The van der Waals surface area contributed by atoms with E-state index in [0.29, 0.717) is 5.69 Å². The van der Waals surface area contributed by atoms with Crippen LogP contribution in [0.15, 0.2) is 34.8 Å². The fraction of sp³-hybridized carbons (Fsp3) is 0.286. The van der Waals surface area contributed by atoms with Crippen molar-refractivity contribution < 1.29 is 18.4 Å². The predicted molar refractivity (Wildman–Crippen MR) is 109 cm³/mol. The molecule has 0 heterocycles. The Morgan fingerprint density at radius 2 is 1.93 bits per heavy atom. The number of amides is 1. The molecule has 0 radical (unpaired) electrons. The minimum atomic E-state index is -1.15. The molecule has 0 unspecified atom stereocenters. The van der Waals surface area contributed by atoms with Crippen molar-refractivity contribution >= 4 is 33.2 Å². The number of aryl methyl sites for hydroxylation is 1. The number of carbonyl (C=O) groups excluding carboxylic acids is 1. The Labute approximate surface area is 171 Å². The lowest BCUT2D eigenvalue weighted by Crippen LogP contribution is -2.25. The Balaban J connectivity index is 2.21. The third kappa shape index (κ3) is 6.04. The second-order valence-electron chi connectivity index (χ2n) is 7.14. The average Bonchev–Trinajstić information content (AvgIpc) is 2.59. The largest absolute Gasteiger partial charge is 0.352 e. The summed E-state index contributed by atoms with van der Waals surface area (Å²) in [6.45, 7) is 7.62. The quantitative estimate of drug-likeness (QED) is 0.359. The molecule has 0 aliphatic carbocycles. The van der Waals surface area contributed by atoms with E-state index in [2.05, 4.69) is 38.6 Å². The van der Waals surface area contributed by atoms with Gasteiger partial charge < -0.3 is 5.32 Å². The molecule has 0 bridgehead atoms. The number of nitrogens with one attached hydrogen (secondary N) is 2. The van der Waals surface area contributed by atoms with Crippen LogP contribution in [0.2, 0.25) is 0 Å². The molecular weight excluding hydrogens is 430 g/mol. The number of hydrogen-bond donors (Lipinski definition) is 2. The van der Waals surface area contributed by atoms with E-state index >= 15 is 0 Å². The maximum Gasteiger partial charge on any atom is 0.277 e. The van der Waals surface area contributed by atoms with E-state index in [4.69, 9.17) is 4.84 Å². The van der Waals surface area contributed by atoms with Crippen LogP contribution in [0.1, 0.15) is 36.7 Å². The molecule has 0 fully saturated rings. The molecule has 0 aliphatic rings. The second kappa shape index (κ2) is 9.18. The molecule has 0 aliphatic heterocycles. The summed E-state index contributed by atoms with van der Waals surface area (Å²) in [7, 11) is 0. The van der Waals surface area contributed by atoms with Crippen LogP contribution in [-0.4, -0.2) is 12.5 Å². The van der Waals surface area contributed by atoms with Gasteiger partial charge in [0.1, 0.15) is 6.61 Å². The average molecular weight is 451 g/mol. The Hall–Kier alpha value is -2.43. The first-order valence-electron chi connectivity index (χ1n) is 8.52. The van der Waals surface area contributed by atoms with E-state index in [1.807, 2.05) is 26.8 Å². The summed E-state index contributed by atoms with van der Waals surface area (Å²) < 4.78 is 29.0. The highest BCUT2D eigenvalue weighted by Crippen LogP contribution is 2.29. The third-order valence-corrected chi connectivity index (χ3v) is 4.05. The van der Waals surface area contributed by atoms with E-state index in [-0.39, 0.29) is 23.3 Å². The molecule has 4 nitrogen and oxygen atoms in total. The fourth-order valence-corrected chi connectivity index (χ4v) is 2.73. The second-order valence-corrected chi connectivity index (χ2v) is 8.06. The number of hydroxylamine groups is 1. The first-order chi connectivity index (χ1) is 13.1. The summed E-state index contributed by atoms with van der Waals surface area (Å²) in [5.41, 5.74) is 2.98. The molecule has 2 aromatic carbocycles. The number of anilines is 2. The minimum Gasteiger partial charge on any atom is -0.352 e. The van der Waals surface area contributed by atoms with E-state index in [0.717, 1.165) is 16.1 Å². The molecule has 0 saturated heterocycles. The molecule has 0 atom stereocenters. The van der Waals surface area contributed by atoms with Gasteiger partial charge in [-0.1, -0.05) is 27.8 Å². The summed E-state index contributed by atoms with van der Waals surface area (Å²) >= 11 is 3.35. The molecule has 1 amide bonds.